The summed E-state index contributed by atoms with van der Waals surface area (Å²) in [6.45, 7) is 9.20. The van der Waals surface area contributed by atoms with Gasteiger partial charge in [-0.05, 0) is 47.6 Å². The number of amides is 2. The van der Waals surface area contributed by atoms with Crippen molar-refractivity contribution in [2.24, 2.45) is 5.92 Å². The Bertz CT molecular complexity index is 1070. The fraction of sp³-hybridized carbons (Fsp3) is 0.379. The van der Waals surface area contributed by atoms with E-state index in [1.807, 2.05) is 56.3 Å². The molecule has 1 atom stereocenters. The molecule has 4 heteroatoms. The Morgan fingerprint density at radius 1 is 0.939 bits per heavy atom. The van der Waals surface area contributed by atoms with Gasteiger partial charge in [0.05, 0.1) is 0 Å². The van der Waals surface area contributed by atoms with E-state index >= 15 is 0 Å². The number of carbonyl (C=O) groups excluding carboxylic acids is 2. The second-order valence-electron chi connectivity index (χ2n) is 9.21. The largest absolute Gasteiger partial charge is 0.354 e. The first kappa shape index (κ1) is 24.5. The molecular weight excluding hydrogens is 408 g/mol. The molecule has 0 saturated heterocycles. The van der Waals surface area contributed by atoms with Gasteiger partial charge < -0.3 is 10.2 Å². The molecule has 3 rings (SSSR count). The molecule has 1 N–H and O–H groups in total. The second-order valence-corrected chi connectivity index (χ2v) is 9.21. The summed E-state index contributed by atoms with van der Waals surface area (Å²) in [4.78, 5) is 28.3. The monoisotopic (exact) mass is 444 g/mol. The smallest absolute Gasteiger partial charge is 0.242 e. The number of hydrogen-bond acceptors (Lipinski definition) is 2. The highest BCUT2D eigenvalue weighted by atomic mass is 16.2. The highest BCUT2D eigenvalue weighted by Crippen LogP contribution is 2.21. The number of hydrogen-bond donors (Lipinski definition) is 1. The van der Waals surface area contributed by atoms with Crippen molar-refractivity contribution in [3.63, 3.8) is 0 Å². The number of nitrogens with one attached hydrogen (secondary N) is 1. The minimum absolute atomic E-state index is 0.00931. The molecule has 0 radical (unpaired) electrons. The predicted molar refractivity (Wildman–Crippen MR) is 136 cm³/mol. The van der Waals surface area contributed by atoms with E-state index in [1.165, 1.54) is 16.3 Å². The van der Waals surface area contributed by atoms with Gasteiger partial charge in [-0.25, -0.2) is 0 Å². The van der Waals surface area contributed by atoms with Crippen LogP contribution in [-0.2, 0) is 22.6 Å². The van der Waals surface area contributed by atoms with Crippen LogP contribution in [0.25, 0.3) is 10.8 Å². The number of nitrogens with zero attached hydrogens (tertiary/aromatic N) is 1. The van der Waals surface area contributed by atoms with Crippen LogP contribution in [0.15, 0.2) is 66.7 Å². The van der Waals surface area contributed by atoms with Crippen molar-refractivity contribution in [1.29, 1.82) is 0 Å². The lowest BCUT2D eigenvalue weighted by atomic mass is 10.00. The Kier molecular flexibility index (Phi) is 8.65. The van der Waals surface area contributed by atoms with Gasteiger partial charge in [0, 0.05) is 19.5 Å². The van der Waals surface area contributed by atoms with Crippen LogP contribution >= 0.6 is 0 Å². The first-order valence-corrected chi connectivity index (χ1v) is 12.0. The molecule has 1 unspecified atom stereocenters. The highest BCUT2D eigenvalue weighted by molar-refractivity contribution is 5.89. The first-order valence-electron chi connectivity index (χ1n) is 12.0. The van der Waals surface area contributed by atoms with Crippen LogP contribution in [-0.4, -0.2) is 29.3 Å². The molecule has 0 spiro atoms. The molecule has 0 saturated carbocycles. The average molecular weight is 445 g/mol. The summed E-state index contributed by atoms with van der Waals surface area (Å²) in [6.07, 6.45) is 1.60. The van der Waals surface area contributed by atoms with Crippen molar-refractivity contribution >= 4 is 22.6 Å². The zero-order valence-electron chi connectivity index (χ0n) is 20.3. The summed E-state index contributed by atoms with van der Waals surface area (Å²) in [5.74, 6) is 0.297. The topological polar surface area (TPSA) is 49.4 Å². The Hall–Kier alpha value is -3.14. The van der Waals surface area contributed by atoms with Gasteiger partial charge in [-0.1, -0.05) is 93.1 Å². The van der Waals surface area contributed by atoms with E-state index in [4.69, 9.17) is 0 Å². The number of carbonyl (C=O) groups is 2. The van der Waals surface area contributed by atoms with Crippen LogP contribution in [0.5, 0.6) is 0 Å². The number of aryl methyl sites for hydroxylation is 2. The third-order valence-electron chi connectivity index (χ3n) is 6.03. The minimum atomic E-state index is -0.481. The van der Waals surface area contributed by atoms with Crippen molar-refractivity contribution < 1.29 is 9.59 Å². The summed E-state index contributed by atoms with van der Waals surface area (Å²) < 4.78 is 0. The SMILES string of the molecule is CCC(C(=O)NCC(C)C)N(Cc1ccc(C)cc1)C(=O)CCc1cccc2ccccc12. The summed E-state index contributed by atoms with van der Waals surface area (Å²) >= 11 is 0. The van der Waals surface area contributed by atoms with Crippen molar-refractivity contribution in [3.8, 4) is 0 Å². The van der Waals surface area contributed by atoms with Crippen LogP contribution in [0.1, 0.15) is 50.3 Å². The zero-order chi connectivity index (χ0) is 23.8. The third-order valence-corrected chi connectivity index (χ3v) is 6.03. The van der Waals surface area contributed by atoms with E-state index in [2.05, 4.69) is 43.4 Å². The van der Waals surface area contributed by atoms with Crippen molar-refractivity contribution in [2.75, 3.05) is 6.54 Å². The molecule has 0 aliphatic heterocycles. The first-order chi connectivity index (χ1) is 15.9. The molecule has 0 aromatic heterocycles. The van der Waals surface area contributed by atoms with Gasteiger partial charge >= 0.3 is 0 Å². The zero-order valence-corrected chi connectivity index (χ0v) is 20.3. The van der Waals surface area contributed by atoms with Crippen LogP contribution in [0.2, 0.25) is 0 Å². The lowest BCUT2D eigenvalue weighted by Gasteiger charge is -2.31. The molecular formula is C29H36N2O2. The summed E-state index contributed by atoms with van der Waals surface area (Å²) in [5, 5.41) is 5.39. The van der Waals surface area contributed by atoms with E-state index in [0.29, 0.717) is 38.3 Å². The van der Waals surface area contributed by atoms with Gasteiger partial charge in [0.1, 0.15) is 6.04 Å². The molecule has 0 bridgehead atoms. The van der Waals surface area contributed by atoms with Crippen LogP contribution in [0, 0.1) is 12.8 Å². The molecule has 3 aromatic carbocycles. The Balaban J connectivity index is 1.81. The lowest BCUT2D eigenvalue weighted by molar-refractivity contribution is -0.141. The molecule has 2 amide bonds. The number of benzene rings is 3. The van der Waals surface area contributed by atoms with E-state index in [9.17, 15) is 9.59 Å². The highest BCUT2D eigenvalue weighted by Gasteiger charge is 2.28. The lowest BCUT2D eigenvalue weighted by Crippen LogP contribution is -2.49. The van der Waals surface area contributed by atoms with Gasteiger partial charge in [0.2, 0.25) is 11.8 Å². The van der Waals surface area contributed by atoms with Crippen LogP contribution in [0.3, 0.4) is 0 Å². The molecule has 33 heavy (non-hydrogen) atoms. The van der Waals surface area contributed by atoms with Gasteiger partial charge in [-0.15, -0.1) is 0 Å². The summed E-state index contributed by atoms with van der Waals surface area (Å²) in [6, 6.07) is 22.2. The molecule has 0 aliphatic rings. The fourth-order valence-electron chi connectivity index (χ4n) is 4.13. The van der Waals surface area contributed by atoms with E-state index in [0.717, 1.165) is 11.1 Å². The van der Waals surface area contributed by atoms with Crippen molar-refractivity contribution in [3.05, 3.63) is 83.4 Å². The second kappa shape index (κ2) is 11.6. The summed E-state index contributed by atoms with van der Waals surface area (Å²) in [5.41, 5.74) is 3.37. The molecule has 0 heterocycles. The number of fused-ring (bicyclic) bond motifs is 1. The molecule has 174 valence electrons. The average Bonchev–Trinajstić information content (AvgIpc) is 2.82. The molecule has 0 aliphatic carbocycles. The van der Waals surface area contributed by atoms with Gasteiger partial charge in [-0.3, -0.25) is 9.59 Å². The Morgan fingerprint density at radius 2 is 1.64 bits per heavy atom. The van der Waals surface area contributed by atoms with Gasteiger partial charge in [-0.2, -0.15) is 0 Å². The quantitative estimate of drug-likeness (QED) is 0.439. The predicted octanol–water partition coefficient (Wildman–Crippen LogP) is 5.66. The minimum Gasteiger partial charge on any atom is -0.354 e. The normalized spacial score (nSPS) is 12.0. The van der Waals surface area contributed by atoms with Crippen LogP contribution in [0.4, 0.5) is 0 Å². The Morgan fingerprint density at radius 3 is 2.33 bits per heavy atom. The van der Waals surface area contributed by atoms with Gasteiger partial charge in [0.25, 0.3) is 0 Å². The van der Waals surface area contributed by atoms with Crippen LogP contribution < -0.4 is 5.32 Å². The maximum absolute atomic E-state index is 13.5. The molecule has 3 aromatic rings. The summed E-state index contributed by atoms with van der Waals surface area (Å²) in [7, 11) is 0. The van der Waals surface area contributed by atoms with Gasteiger partial charge in [0.15, 0.2) is 0 Å². The molecule has 4 nitrogen and oxygen atoms in total. The van der Waals surface area contributed by atoms with E-state index < -0.39 is 6.04 Å². The van der Waals surface area contributed by atoms with Crippen molar-refractivity contribution in [1.82, 2.24) is 10.2 Å². The maximum atomic E-state index is 13.5. The van der Waals surface area contributed by atoms with E-state index in [1.54, 1.807) is 4.90 Å². The Labute approximate surface area is 198 Å². The number of rotatable bonds is 10. The fourth-order valence-corrected chi connectivity index (χ4v) is 4.13. The standard InChI is InChI=1S/C29H36N2O2/c1-5-27(29(33)30-19-21(2)3)31(20-23-15-13-22(4)14-16-23)28(32)18-17-25-11-8-10-24-9-6-7-12-26(24)25/h6-16,21,27H,5,17-20H2,1-4H3,(H,30,33). The molecule has 0 fully saturated rings. The maximum Gasteiger partial charge on any atom is 0.242 e. The van der Waals surface area contributed by atoms with E-state index in [-0.39, 0.29) is 11.8 Å². The third kappa shape index (κ3) is 6.67. The van der Waals surface area contributed by atoms with Crippen molar-refractivity contribution in [2.45, 2.75) is 59.5 Å².